The van der Waals surface area contributed by atoms with Gasteiger partial charge in [0.2, 0.25) is 17.6 Å². The Bertz CT molecular complexity index is 989. The molecule has 2 aliphatic heterocycles. The number of hydrogen-bond donors (Lipinski definition) is 0. The lowest BCUT2D eigenvalue weighted by atomic mass is 9.96. The van der Waals surface area contributed by atoms with Crippen LogP contribution in [0.4, 0.5) is 4.79 Å². The van der Waals surface area contributed by atoms with Crippen LogP contribution in [-0.2, 0) is 16.1 Å². The Kier molecular flexibility index (Phi) is 7.21. The van der Waals surface area contributed by atoms with Crippen molar-refractivity contribution in [2.45, 2.75) is 52.7 Å². The Morgan fingerprint density at radius 3 is 2.44 bits per heavy atom. The molecule has 9 heteroatoms. The van der Waals surface area contributed by atoms with Crippen LogP contribution in [0.25, 0.3) is 11.4 Å². The third-order valence-electron chi connectivity index (χ3n) is 6.24. The molecular formula is C25H35N5O4. The molecule has 0 saturated carbocycles. The topological polar surface area (TPSA) is 92.0 Å². The van der Waals surface area contributed by atoms with E-state index in [2.05, 4.69) is 15.0 Å². The van der Waals surface area contributed by atoms with Gasteiger partial charge in [0.15, 0.2) is 0 Å². The summed E-state index contributed by atoms with van der Waals surface area (Å²) in [5.41, 5.74) is 1.58. The lowest BCUT2D eigenvalue weighted by molar-refractivity contribution is -0.139. The van der Waals surface area contributed by atoms with Crippen molar-refractivity contribution in [3.8, 4) is 11.4 Å². The molecule has 0 aliphatic carbocycles. The van der Waals surface area contributed by atoms with Crippen molar-refractivity contribution in [3.05, 3.63) is 35.7 Å². The Morgan fingerprint density at radius 2 is 1.76 bits per heavy atom. The summed E-state index contributed by atoms with van der Waals surface area (Å²) in [4.78, 5) is 35.9. The van der Waals surface area contributed by atoms with Gasteiger partial charge in [0.1, 0.15) is 5.60 Å². The highest BCUT2D eigenvalue weighted by Crippen LogP contribution is 2.22. The molecule has 0 spiro atoms. The summed E-state index contributed by atoms with van der Waals surface area (Å²) in [6.07, 6.45) is 1.29. The minimum absolute atomic E-state index is 0.132. The van der Waals surface area contributed by atoms with Crippen LogP contribution in [-0.4, -0.2) is 81.7 Å². The van der Waals surface area contributed by atoms with E-state index < -0.39 is 5.60 Å². The highest BCUT2D eigenvalue weighted by Gasteiger charge is 2.34. The number of carbonyl (C=O) groups is 2. The van der Waals surface area contributed by atoms with E-state index >= 15 is 0 Å². The predicted octanol–water partition coefficient (Wildman–Crippen LogP) is 3.34. The average molecular weight is 470 g/mol. The quantitative estimate of drug-likeness (QED) is 0.678. The smallest absolute Gasteiger partial charge is 0.410 e. The highest BCUT2D eigenvalue weighted by atomic mass is 16.6. The molecule has 1 unspecified atom stereocenters. The molecule has 2 aromatic rings. The molecule has 34 heavy (non-hydrogen) atoms. The Labute approximate surface area is 201 Å². The van der Waals surface area contributed by atoms with E-state index in [1.807, 2.05) is 56.9 Å². The van der Waals surface area contributed by atoms with E-state index in [0.29, 0.717) is 44.4 Å². The normalized spacial score (nSPS) is 19.8. The van der Waals surface area contributed by atoms with Crippen molar-refractivity contribution in [2.24, 2.45) is 5.92 Å². The maximum atomic E-state index is 13.1. The van der Waals surface area contributed by atoms with E-state index in [-0.39, 0.29) is 17.9 Å². The lowest BCUT2D eigenvalue weighted by Gasteiger charge is -2.38. The number of amides is 2. The third kappa shape index (κ3) is 6.14. The van der Waals surface area contributed by atoms with Crippen LogP contribution < -0.4 is 0 Å². The zero-order chi connectivity index (χ0) is 24.3. The number of carbonyl (C=O) groups excluding carboxylic acids is 2. The monoisotopic (exact) mass is 469 g/mol. The molecule has 4 rings (SSSR count). The van der Waals surface area contributed by atoms with Gasteiger partial charge in [-0.2, -0.15) is 4.98 Å². The maximum absolute atomic E-state index is 13.1. The number of hydrogen-bond acceptors (Lipinski definition) is 7. The van der Waals surface area contributed by atoms with Gasteiger partial charge in [-0.25, -0.2) is 4.79 Å². The SMILES string of the molecule is Cc1ccc(-c2noc(CN3CCN(C(=O)C4CCCN(C(=O)OC(C)(C)C)C4)CC3)n2)cc1. The van der Waals surface area contributed by atoms with E-state index in [0.717, 1.165) is 31.5 Å². The molecule has 1 atom stereocenters. The van der Waals surface area contributed by atoms with Crippen molar-refractivity contribution in [3.63, 3.8) is 0 Å². The fraction of sp³-hybridized carbons (Fsp3) is 0.600. The Balaban J connectivity index is 1.26. The van der Waals surface area contributed by atoms with Crippen LogP contribution in [0.2, 0.25) is 0 Å². The molecule has 2 amide bonds. The summed E-state index contributed by atoms with van der Waals surface area (Å²) in [7, 11) is 0. The van der Waals surface area contributed by atoms with E-state index in [4.69, 9.17) is 9.26 Å². The van der Waals surface area contributed by atoms with Crippen molar-refractivity contribution in [1.29, 1.82) is 0 Å². The molecule has 2 aliphatic rings. The molecule has 0 radical (unpaired) electrons. The van der Waals surface area contributed by atoms with Crippen LogP contribution in [0.15, 0.2) is 28.8 Å². The molecule has 184 valence electrons. The second-order valence-corrected chi connectivity index (χ2v) is 10.2. The Hall–Kier alpha value is -2.94. The van der Waals surface area contributed by atoms with E-state index in [1.165, 1.54) is 5.56 Å². The van der Waals surface area contributed by atoms with Gasteiger partial charge in [-0.3, -0.25) is 9.69 Å². The van der Waals surface area contributed by atoms with E-state index in [1.54, 1.807) is 4.90 Å². The van der Waals surface area contributed by atoms with Crippen molar-refractivity contribution >= 4 is 12.0 Å². The average Bonchev–Trinajstić information content (AvgIpc) is 3.27. The fourth-order valence-electron chi connectivity index (χ4n) is 4.39. The van der Waals surface area contributed by atoms with Gasteiger partial charge in [0.05, 0.1) is 12.5 Å². The molecule has 1 aromatic heterocycles. The van der Waals surface area contributed by atoms with Crippen molar-refractivity contribution in [2.75, 3.05) is 39.3 Å². The summed E-state index contributed by atoms with van der Waals surface area (Å²) < 4.78 is 10.9. The first kappa shape index (κ1) is 24.2. The second kappa shape index (κ2) is 10.1. The van der Waals surface area contributed by atoms with Gasteiger partial charge in [0.25, 0.3) is 0 Å². The van der Waals surface area contributed by atoms with Crippen LogP contribution in [0.3, 0.4) is 0 Å². The first-order valence-electron chi connectivity index (χ1n) is 12.1. The van der Waals surface area contributed by atoms with Gasteiger partial charge >= 0.3 is 6.09 Å². The number of piperazine rings is 1. The predicted molar refractivity (Wildman–Crippen MR) is 127 cm³/mol. The van der Waals surface area contributed by atoms with Gasteiger partial charge in [0, 0.05) is 44.8 Å². The summed E-state index contributed by atoms with van der Waals surface area (Å²) in [5.74, 6) is 1.14. The van der Waals surface area contributed by atoms with Gasteiger partial charge < -0.3 is 19.1 Å². The highest BCUT2D eigenvalue weighted by molar-refractivity contribution is 5.80. The van der Waals surface area contributed by atoms with Gasteiger partial charge in [-0.1, -0.05) is 35.0 Å². The summed E-state index contributed by atoms with van der Waals surface area (Å²) in [5, 5.41) is 4.11. The minimum atomic E-state index is -0.538. The van der Waals surface area contributed by atoms with Gasteiger partial charge in [-0.05, 0) is 40.5 Å². The first-order chi connectivity index (χ1) is 16.2. The maximum Gasteiger partial charge on any atom is 0.410 e. The molecule has 3 heterocycles. The first-order valence-corrected chi connectivity index (χ1v) is 12.1. The number of aryl methyl sites for hydroxylation is 1. The second-order valence-electron chi connectivity index (χ2n) is 10.2. The number of likely N-dealkylation sites (tertiary alicyclic amines) is 1. The van der Waals surface area contributed by atoms with Crippen molar-refractivity contribution < 1.29 is 18.8 Å². The Morgan fingerprint density at radius 1 is 1.06 bits per heavy atom. The van der Waals surface area contributed by atoms with E-state index in [9.17, 15) is 9.59 Å². The van der Waals surface area contributed by atoms with Crippen LogP contribution in [0, 0.1) is 12.8 Å². The number of rotatable bonds is 4. The minimum Gasteiger partial charge on any atom is -0.444 e. The summed E-state index contributed by atoms with van der Waals surface area (Å²) >= 11 is 0. The number of nitrogens with zero attached hydrogens (tertiary/aromatic N) is 5. The third-order valence-corrected chi connectivity index (χ3v) is 6.24. The molecule has 9 nitrogen and oxygen atoms in total. The van der Waals surface area contributed by atoms with Gasteiger partial charge in [-0.15, -0.1) is 0 Å². The molecule has 2 saturated heterocycles. The largest absolute Gasteiger partial charge is 0.444 e. The number of benzene rings is 1. The summed E-state index contributed by atoms with van der Waals surface area (Å²) in [6.45, 7) is 12.0. The molecule has 1 aromatic carbocycles. The summed E-state index contributed by atoms with van der Waals surface area (Å²) in [6, 6.07) is 8.04. The molecular weight excluding hydrogens is 434 g/mol. The zero-order valence-electron chi connectivity index (χ0n) is 20.6. The van der Waals surface area contributed by atoms with Crippen LogP contribution in [0.1, 0.15) is 45.1 Å². The fourth-order valence-corrected chi connectivity index (χ4v) is 4.39. The molecule has 0 bridgehead atoms. The standard InChI is InChI=1S/C25H35N5O4/c1-18-7-9-19(10-8-18)22-26-21(34-27-22)17-28-12-14-29(15-13-28)23(31)20-6-5-11-30(16-20)24(32)33-25(2,3)4/h7-10,20H,5-6,11-17H2,1-4H3. The lowest BCUT2D eigenvalue weighted by Crippen LogP contribution is -2.53. The van der Waals surface area contributed by atoms with Crippen molar-refractivity contribution in [1.82, 2.24) is 24.8 Å². The number of ether oxygens (including phenoxy) is 1. The van der Waals surface area contributed by atoms with Crippen LogP contribution >= 0.6 is 0 Å². The molecule has 0 N–H and O–H groups in total. The number of aromatic nitrogens is 2. The molecule has 2 fully saturated rings. The van der Waals surface area contributed by atoms with Crippen LogP contribution in [0.5, 0.6) is 0 Å². The number of piperidine rings is 1. The zero-order valence-corrected chi connectivity index (χ0v) is 20.6.